The van der Waals surface area contributed by atoms with Crippen molar-refractivity contribution < 1.29 is 23.4 Å². The molecule has 104 valence electrons. The highest BCUT2D eigenvalue weighted by molar-refractivity contribution is 5.88. The summed E-state index contributed by atoms with van der Waals surface area (Å²) in [6, 6.07) is 1.65. The molecule has 0 bridgehead atoms. The Balaban J connectivity index is 2.35. The Morgan fingerprint density at radius 2 is 1.84 bits per heavy atom. The molecule has 0 unspecified atom stereocenters. The standard InChI is InChI=1S/C13H15F2NO3/c1-7-5-16(6-8(2)19-7)12-4-10(14)9(13(17)18)3-11(12)15/h3-4,7-8H,5-6H2,1-2H3,(H,17,18)/t7-,8+. The van der Waals surface area contributed by atoms with E-state index in [0.29, 0.717) is 13.1 Å². The van der Waals surface area contributed by atoms with E-state index in [1.54, 1.807) is 4.90 Å². The van der Waals surface area contributed by atoms with Crippen LogP contribution in [0.15, 0.2) is 12.1 Å². The third-order valence-corrected chi connectivity index (χ3v) is 3.03. The average Bonchev–Trinajstić information content (AvgIpc) is 2.30. The summed E-state index contributed by atoms with van der Waals surface area (Å²) in [5.74, 6) is -3.15. The zero-order valence-electron chi connectivity index (χ0n) is 10.7. The molecule has 2 rings (SSSR count). The van der Waals surface area contributed by atoms with Crippen molar-refractivity contribution in [2.45, 2.75) is 26.1 Å². The molecule has 0 amide bonds. The van der Waals surface area contributed by atoms with E-state index < -0.39 is 23.2 Å². The monoisotopic (exact) mass is 271 g/mol. The van der Waals surface area contributed by atoms with Gasteiger partial charge in [0.15, 0.2) is 0 Å². The summed E-state index contributed by atoms with van der Waals surface area (Å²) in [5.41, 5.74) is -0.583. The second-order valence-electron chi connectivity index (χ2n) is 4.75. The van der Waals surface area contributed by atoms with Gasteiger partial charge in [-0.15, -0.1) is 0 Å². The van der Waals surface area contributed by atoms with Crippen LogP contribution in [0.3, 0.4) is 0 Å². The van der Waals surface area contributed by atoms with Crippen LogP contribution in [-0.2, 0) is 4.74 Å². The normalized spacial score (nSPS) is 23.5. The van der Waals surface area contributed by atoms with E-state index in [2.05, 4.69) is 0 Å². The molecule has 4 nitrogen and oxygen atoms in total. The van der Waals surface area contributed by atoms with E-state index >= 15 is 0 Å². The summed E-state index contributed by atoms with van der Waals surface area (Å²) in [6.45, 7) is 4.57. The van der Waals surface area contributed by atoms with Gasteiger partial charge < -0.3 is 14.7 Å². The van der Waals surface area contributed by atoms with Crippen LogP contribution >= 0.6 is 0 Å². The van der Waals surface area contributed by atoms with E-state index in [9.17, 15) is 13.6 Å². The molecule has 1 aliphatic heterocycles. The quantitative estimate of drug-likeness (QED) is 0.896. The van der Waals surface area contributed by atoms with E-state index in [0.717, 1.165) is 12.1 Å². The molecule has 1 heterocycles. The summed E-state index contributed by atoms with van der Waals surface area (Å²) < 4.78 is 33.1. The second kappa shape index (κ2) is 5.13. The first-order valence-corrected chi connectivity index (χ1v) is 6.01. The van der Waals surface area contributed by atoms with Crippen LogP contribution in [0.5, 0.6) is 0 Å². The van der Waals surface area contributed by atoms with Crippen molar-refractivity contribution in [2.24, 2.45) is 0 Å². The van der Waals surface area contributed by atoms with Crippen LogP contribution in [0.2, 0.25) is 0 Å². The van der Waals surface area contributed by atoms with Crippen LogP contribution < -0.4 is 4.90 Å². The largest absolute Gasteiger partial charge is 0.478 e. The van der Waals surface area contributed by atoms with Gasteiger partial charge in [0.05, 0.1) is 23.5 Å². The molecular formula is C13H15F2NO3. The Hall–Kier alpha value is -1.69. The van der Waals surface area contributed by atoms with Gasteiger partial charge in [0.25, 0.3) is 0 Å². The number of nitrogens with zero attached hydrogens (tertiary/aromatic N) is 1. The van der Waals surface area contributed by atoms with Gasteiger partial charge in [-0.25, -0.2) is 13.6 Å². The Morgan fingerprint density at radius 3 is 2.37 bits per heavy atom. The number of anilines is 1. The third-order valence-electron chi connectivity index (χ3n) is 3.03. The lowest BCUT2D eigenvalue weighted by Crippen LogP contribution is -2.45. The van der Waals surface area contributed by atoms with Gasteiger partial charge in [-0.05, 0) is 19.9 Å². The molecule has 0 spiro atoms. The maximum atomic E-state index is 13.9. The molecular weight excluding hydrogens is 256 g/mol. The highest BCUT2D eigenvalue weighted by atomic mass is 19.1. The zero-order chi connectivity index (χ0) is 14.2. The van der Waals surface area contributed by atoms with E-state index in [-0.39, 0.29) is 17.9 Å². The number of halogens is 2. The molecule has 0 aliphatic carbocycles. The number of ether oxygens (including phenoxy) is 1. The average molecular weight is 271 g/mol. The van der Waals surface area contributed by atoms with Crippen molar-refractivity contribution in [3.05, 3.63) is 29.3 Å². The second-order valence-corrected chi connectivity index (χ2v) is 4.75. The Kier molecular flexibility index (Phi) is 3.71. The molecule has 1 saturated heterocycles. The molecule has 0 aromatic heterocycles. The van der Waals surface area contributed by atoms with Crippen LogP contribution in [-0.4, -0.2) is 36.4 Å². The van der Waals surface area contributed by atoms with Crippen molar-refractivity contribution in [2.75, 3.05) is 18.0 Å². The summed E-state index contributed by atoms with van der Waals surface area (Å²) >= 11 is 0. The van der Waals surface area contributed by atoms with E-state index in [4.69, 9.17) is 9.84 Å². The summed E-state index contributed by atoms with van der Waals surface area (Å²) in [4.78, 5) is 12.4. The topological polar surface area (TPSA) is 49.8 Å². The van der Waals surface area contributed by atoms with Crippen LogP contribution in [0, 0.1) is 11.6 Å². The van der Waals surface area contributed by atoms with Gasteiger partial charge in [-0.2, -0.15) is 0 Å². The third kappa shape index (κ3) is 2.84. The fourth-order valence-corrected chi connectivity index (χ4v) is 2.32. The van der Waals surface area contributed by atoms with Gasteiger partial charge >= 0.3 is 5.97 Å². The number of hydrogen-bond acceptors (Lipinski definition) is 3. The molecule has 2 atom stereocenters. The molecule has 1 N–H and O–H groups in total. The van der Waals surface area contributed by atoms with Crippen LogP contribution in [0.1, 0.15) is 24.2 Å². The molecule has 1 aliphatic rings. The number of carbonyl (C=O) groups is 1. The Bertz CT molecular complexity index is 497. The first kappa shape index (κ1) is 13.7. The smallest absolute Gasteiger partial charge is 0.338 e. The molecule has 6 heteroatoms. The maximum Gasteiger partial charge on any atom is 0.338 e. The minimum atomic E-state index is -1.48. The highest BCUT2D eigenvalue weighted by Crippen LogP contribution is 2.26. The van der Waals surface area contributed by atoms with Crippen molar-refractivity contribution in [3.63, 3.8) is 0 Å². The lowest BCUT2D eigenvalue weighted by Gasteiger charge is -2.37. The van der Waals surface area contributed by atoms with Gasteiger partial charge in [0.1, 0.15) is 11.6 Å². The molecule has 1 fully saturated rings. The Morgan fingerprint density at radius 1 is 1.26 bits per heavy atom. The van der Waals surface area contributed by atoms with E-state index in [1.807, 2.05) is 13.8 Å². The number of carboxylic acid groups (broad SMARTS) is 1. The van der Waals surface area contributed by atoms with Crippen molar-refractivity contribution >= 4 is 11.7 Å². The van der Waals surface area contributed by atoms with E-state index in [1.165, 1.54) is 0 Å². The van der Waals surface area contributed by atoms with Crippen molar-refractivity contribution in [1.82, 2.24) is 0 Å². The molecule has 19 heavy (non-hydrogen) atoms. The fourth-order valence-electron chi connectivity index (χ4n) is 2.32. The van der Waals surface area contributed by atoms with Gasteiger partial charge in [0.2, 0.25) is 0 Å². The van der Waals surface area contributed by atoms with Crippen LogP contribution in [0.4, 0.5) is 14.5 Å². The minimum absolute atomic E-state index is 0.0736. The number of aromatic carboxylic acids is 1. The summed E-state index contributed by atoms with van der Waals surface area (Å²) in [6.07, 6.45) is -0.185. The predicted octanol–water partition coefficient (Wildman–Crippen LogP) is 2.28. The number of morpholine rings is 1. The minimum Gasteiger partial charge on any atom is -0.478 e. The summed E-state index contributed by atoms with van der Waals surface area (Å²) in [5, 5.41) is 8.74. The highest BCUT2D eigenvalue weighted by Gasteiger charge is 2.26. The molecule has 1 aromatic carbocycles. The number of carboxylic acids is 1. The SMILES string of the molecule is C[C@@H]1CN(c2cc(F)c(C(=O)O)cc2F)C[C@H](C)O1. The first-order valence-electron chi connectivity index (χ1n) is 6.01. The number of benzene rings is 1. The lowest BCUT2D eigenvalue weighted by molar-refractivity contribution is -0.00542. The first-order chi connectivity index (χ1) is 8.88. The van der Waals surface area contributed by atoms with Gasteiger partial charge in [-0.3, -0.25) is 0 Å². The Labute approximate surface area is 109 Å². The maximum absolute atomic E-state index is 13.9. The number of hydrogen-bond donors (Lipinski definition) is 1. The molecule has 1 aromatic rings. The molecule has 0 radical (unpaired) electrons. The zero-order valence-corrected chi connectivity index (χ0v) is 10.7. The number of rotatable bonds is 2. The summed E-state index contributed by atoms with van der Waals surface area (Å²) in [7, 11) is 0. The van der Waals surface area contributed by atoms with Gasteiger partial charge in [-0.1, -0.05) is 0 Å². The van der Waals surface area contributed by atoms with Crippen molar-refractivity contribution in [1.29, 1.82) is 0 Å². The van der Waals surface area contributed by atoms with Gasteiger partial charge in [0, 0.05) is 19.2 Å². The lowest BCUT2D eigenvalue weighted by atomic mass is 10.1. The predicted molar refractivity (Wildman–Crippen MR) is 65.5 cm³/mol. The fraction of sp³-hybridized carbons (Fsp3) is 0.462. The van der Waals surface area contributed by atoms with Crippen LogP contribution in [0.25, 0.3) is 0 Å². The molecule has 0 saturated carbocycles. The van der Waals surface area contributed by atoms with Crippen molar-refractivity contribution in [3.8, 4) is 0 Å².